The van der Waals surface area contributed by atoms with Gasteiger partial charge in [-0.25, -0.2) is 0 Å². The smallest absolute Gasteiger partial charge is 0.254 e. The van der Waals surface area contributed by atoms with Crippen molar-refractivity contribution < 1.29 is 9.53 Å². The number of ether oxygens (including phenoxy) is 1. The number of hydrogen-bond donors (Lipinski definition) is 0. The molecule has 1 aromatic rings. The van der Waals surface area contributed by atoms with Crippen LogP contribution in [-0.4, -0.2) is 59.6 Å². The third-order valence-electron chi connectivity index (χ3n) is 6.65. The highest BCUT2D eigenvalue weighted by molar-refractivity contribution is 5.94. The van der Waals surface area contributed by atoms with Crippen molar-refractivity contribution in [3.8, 4) is 0 Å². The van der Waals surface area contributed by atoms with E-state index in [1.165, 1.54) is 12.8 Å². The number of benzene rings is 1. The van der Waals surface area contributed by atoms with E-state index < -0.39 is 0 Å². The fraction of sp³-hybridized carbons (Fsp3) is 0.696. The van der Waals surface area contributed by atoms with Crippen LogP contribution in [0.15, 0.2) is 30.3 Å². The number of rotatable bonds is 4. The van der Waals surface area contributed by atoms with Crippen LogP contribution in [0.1, 0.15) is 62.7 Å². The van der Waals surface area contributed by atoms with Crippen LogP contribution in [0.3, 0.4) is 0 Å². The monoisotopic (exact) mass is 370 g/mol. The molecule has 4 heteroatoms. The number of morpholine rings is 1. The van der Waals surface area contributed by atoms with Crippen LogP contribution in [0.25, 0.3) is 0 Å². The van der Waals surface area contributed by atoms with Gasteiger partial charge in [0, 0.05) is 18.2 Å². The molecule has 27 heavy (non-hydrogen) atoms. The zero-order valence-electron chi connectivity index (χ0n) is 17.1. The van der Waals surface area contributed by atoms with Gasteiger partial charge < -0.3 is 14.5 Å². The minimum absolute atomic E-state index is 0.0562. The molecule has 1 aromatic carbocycles. The average Bonchev–Trinajstić information content (AvgIpc) is 3.39. The van der Waals surface area contributed by atoms with E-state index in [1.807, 2.05) is 30.3 Å². The van der Waals surface area contributed by atoms with Crippen molar-refractivity contribution in [2.75, 3.05) is 26.7 Å². The van der Waals surface area contributed by atoms with Gasteiger partial charge in [-0.2, -0.15) is 0 Å². The standard InChI is InChI=1S/C23H34N2O2/c1-18(2)15-24(3)20-9-11-22(12-10-20)16-25(17-23(27-22)13-14-23)21(26)19-7-5-4-6-8-19/h4-8,18,20H,9-17H2,1-3H3/t20-,22+. The lowest BCUT2D eigenvalue weighted by molar-refractivity contribution is -0.178. The molecule has 0 unspecified atom stereocenters. The van der Waals surface area contributed by atoms with Gasteiger partial charge >= 0.3 is 0 Å². The maximum absolute atomic E-state index is 13.1. The van der Waals surface area contributed by atoms with Crippen LogP contribution in [0, 0.1) is 5.92 Å². The Hall–Kier alpha value is -1.39. The molecule has 0 radical (unpaired) electrons. The van der Waals surface area contributed by atoms with Crippen molar-refractivity contribution in [1.82, 2.24) is 9.80 Å². The average molecular weight is 371 g/mol. The maximum atomic E-state index is 13.1. The van der Waals surface area contributed by atoms with E-state index >= 15 is 0 Å². The molecule has 0 atom stereocenters. The van der Waals surface area contributed by atoms with Crippen molar-refractivity contribution >= 4 is 5.91 Å². The number of amides is 1. The molecule has 0 bridgehead atoms. The van der Waals surface area contributed by atoms with Gasteiger partial charge in [-0.15, -0.1) is 0 Å². The fourth-order valence-electron chi connectivity index (χ4n) is 5.14. The third-order valence-corrected chi connectivity index (χ3v) is 6.65. The summed E-state index contributed by atoms with van der Waals surface area (Å²) in [5, 5.41) is 0. The van der Waals surface area contributed by atoms with E-state index in [1.54, 1.807) is 0 Å². The number of carbonyl (C=O) groups is 1. The first-order valence-corrected chi connectivity index (χ1v) is 10.7. The predicted molar refractivity (Wildman–Crippen MR) is 108 cm³/mol. The van der Waals surface area contributed by atoms with Gasteiger partial charge in [0.25, 0.3) is 5.91 Å². The molecule has 3 aliphatic rings. The summed E-state index contributed by atoms with van der Waals surface area (Å²) in [6.45, 7) is 7.24. The zero-order chi connectivity index (χ0) is 19.1. The minimum Gasteiger partial charge on any atom is -0.365 e. The molecule has 0 N–H and O–H groups in total. The first kappa shape index (κ1) is 18.9. The second kappa shape index (κ2) is 7.21. The van der Waals surface area contributed by atoms with E-state index in [0.29, 0.717) is 12.0 Å². The van der Waals surface area contributed by atoms with Gasteiger partial charge in [-0.1, -0.05) is 32.0 Å². The van der Waals surface area contributed by atoms with Crippen LogP contribution in [-0.2, 0) is 4.74 Å². The first-order valence-electron chi connectivity index (χ1n) is 10.7. The molecular weight excluding hydrogens is 336 g/mol. The van der Waals surface area contributed by atoms with Gasteiger partial charge in [-0.3, -0.25) is 4.79 Å². The highest BCUT2D eigenvalue weighted by Crippen LogP contribution is 2.50. The topological polar surface area (TPSA) is 32.8 Å². The van der Waals surface area contributed by atoms with Crippen molar-refractivity contribution in [3.05, 3.63) is 35.9 Å². The lowest BCUT2D eigenvalue weighted by Gasteiger charge is -2.51. The maximum Gasteiger partial charge on any atom is 0.254 e. The number of carbonyl (C=O) groups excluding carboxylic acids is 1. The lowest BCUT2D eigenvalue weighted by atomic mass is 9.79. The second-order valence-electron chi connectivity index (χ2n) is 9.56. The summed E-state index contributed by atoms with van der Waals surface area (Å²) < 4.78 is 6.73. The molecule has 3 fully saturated rings. The molecular formula is C23H34N2O2. The van der Waals surface area contributed by atoms with Crippen molar-refractivity contribution in [1.29, 1.82) is 0 Å². The Labute approximate surface area is 163 Å². The Kier molecular flexibility index (Phi) is 5.06. The van der Waals surface area contributed by atoms with Crippen LogP contribution in [0.2, 0.25) is 0 Å². The molecule has 4 rings (SSSR count). The number of nitrogens with zero attached hydrogens (tertiary/aromatic N) is 2. The van der Waals surface area contributed by atoms with Crippen LogP contribution >= 0.6 is 0 Å². The van der Waals surface area contributed by atoms with E-state index in [0.717, 1.165) is 50.9 Å². The Morgan fingerprint density at radius 1 is 1.11 bits per heavy atom. The van der Waals surface area contributed by atoms with Gasteiger partial charge in [0.2, 0.25) is 0 Å². The molecule has 1 amide bonds. The van der Waals surface area contributed by atoms with Gasteiger partial charge in [-0.05, 0) is 63.6 Å². The van der Waals surface area contributed by atoms with Crippen LogP contribution < -0.4 is 0 Å². The molecule has 1 heterocycles. The summed E-state index contributed by atoms with van der Waals surface area (Å²) in [4.78, 5) is 17.7. The lowest BCUT2D eigenvalue weighted by Crippen LogP contribution is -2.60. The Bertz CT molecular complexity index is 660. The largest absolute Gasteiger partial charge is 0.365 e. The normalized spacial score (nSPS) is 29.7. The Morgan fingerprint density at radius 3 is 2.26 bits per heavy atom. The quantitative estimate of drug-likeness (QED) is 0.804. The van der Waals surface area contributed by atoms with Crippen molar-refractivity contribution in [2.45, 2.75) is 69.6 Å². The van der Waals surface area contributed by atoms with Crippen LogP contribution in [0.4, 0.5) is 0 Å². The SMILES string of the molecule is CC(C)CN(C)[C@H]1CC[C@@]2(CC1)CN(C(=O)c1ccccc1)CC1(CC1)O2. The van der Waals surface area contributed by atoms with E-state index in [-0.39, 0.29) is 17.1 Å². The predicted octanol–water partition coefficient (Wildman–Crippen LogP) is 3.96. The molecule has 2 spiro atoms. The first-order chi connectivity index (χ1) is 12.9. The second-order valence-corrected chi connectivity index (χ2v) is 9.56. The van der Waals surface area contributed by atoms with Crippen molar-refractivity contribution in [2.24, 2.45) is 5.92 Å². The van der Waals surface area contributed by atoms with Gasteiger partial charge in [0.1, 0.15) is 0 Å². The summed E-state index contributed by atoms with van der Waals surface area (Å²) in [6, 6.07) is 10.4. The summed E-state index contributed by atoms with van der Waals surface area (Å²) in [5.74, 6) is 0.870. The Balaban J connectivity index is 1.45. The molecule has 1 saturated heterocycles. The fourth-order valence-corrected chi connectivity index (χ4v) is 5.14. The molecule has 2 aliphatic carbocycles. The van der Waals surface area contributed by atoms with E-state index in [9.17, 15) is 4.79 Å². The van der Waals surface area contributed by atoms with Gasteiger partial charge in [0.05, 0.1) is 24.3 Å². The van der Waals surface area contributed by atoms with Crippen molar-refractivity contribution in [3.63, 3.8) is 0 Å². The Morgan fingerprint density at radius 2 is 1.70 bits per heavy atom. The molecule has 1 aliphatic heterocycles. The van der Waals surface area contributed by atoms with Crippen LogP contribution in [0.5, 0.6) is 0 Å². The molecule has 2 saturated carbocycles. The molecule has 4 nitrogen and oxygen atoms in total. The summed E-state index contributed by atoms with van der Waals surface area (Å²) in [7, 11) is 2.26. The molecule has 0 aromatic heterocycles. The third kappa shape index (κ3) is 4.07. The van der Waals surface area contributed by atoms with E-state index in [2.05, 4.69) is 30.7 Å². The highest BCUT2D eigenvalue weighted by atomic mass is 16.5. The number of hydrogen-bond acceptors (Lipinski definition) is 3. The van der Waals surface area contributed by atoms with Gasteiger partial charge in [0.15, 0.2) is 0 Å². The summed E-state index contributed by atoms with van der Waals surface area (Å²) >= 11 is 0. The summed E-state index contributed by atoms with van der Waals surface area (Å²) in [5.41, 5.74) is 0.615. The minimum atomic E-state index is -0.131. The highest BCUT2D eigenvalue weighted by Gasteiger charge is 2.56. The summed E-state index contributed by atoms with van der Waals surface area (Å²) in [6.07, 6.45) is 6.69. The van der Waals surface area contributed by atoms with E-state index in [4.69, 9.17) is 4.74 Å². The zero-order valence-corrected chi connectivity index (χ0v) is 17.1. The molecule has 148 valence electrons.